The van der Waals surface area contributed by atoms with Crippen LogP contribution in [0.2, 0.25) is 0 Å². The standard InChI is InChI=1S/C14H10F3N3O3/c15-14(16,17)23-11-3-1-10(2-4-11)22-13-6-9(7-21)5-12-18-8-19-20(12)13/h1-6,8,21H,7H2. The van der Waals surface area contributed by atoms with Crippen molar-refractivity contribution in [3.05, 3.63) is 48.3 Å². The van der Waals surface area contributed by atoms with E-state index < -0.39 is 6.36 Å². The molecule has 120 valence electrons. The average molecular weight is 325 g/mol. The van der Waals surface area contributed by atoms with E-state index in [4.69, 9.17) is 4.74 Å². The number of fused-ring (bicyclic) bond motifs is 1. The fourth-order valence-electron chi connectivity index (χ4n) is 1.94. The zero-order chi connectivity index (χ0) is 16.4. The molecule has 0 saturated heterocycles. The fraction of sp³-hybridized carbons (Fsp3) is 0.143. The summed E-state index contributed by atoms with van der Waals surface area (Å²) in [5.41, 5.74) is 1.04. The van der Waals surface area contributed by atoms with Crippen LogP contribution >= 0.6 is 0 Å². The first-order valence-corrected chi connectivity index (χ1v) is 6.42. The van der Waals surface area contributed by atoms with Crippen molar-refractivity contribution in [2.75, 3.05) is 0 Å². The van der Waals surface area contributed by atoms with Gasteiger partial charge in [0.25, 0.3) is 0 Å². The second kappa shape index (κ2) is 5.76. The Bertz CT molecular complexity index is 815. The lowest BCUT2D eigenvalue weighted by Crippen LogP contribution is -2.16. The van der Waals surface area contributed by atoms with Gasteiger partial charge in [0.1, 0.15) is 17.8 Å². The van der Waals surface area contributed by atoms with Gasteiger partial charge in [0.15, 0.2) is 5.65 Å². The van der Waals surface area contributed by atoms with Gasteiger partial charge in [-0.2, -0.15) is 9.61 Å². The lowest BCUT2D eigenvalue weighted by atomic mass is 10.3. The maximum Gasteiger partial charge on any atom is 0.573 e. The minimum atomic E-state index is -4.75. The minimum Gasteiger partial charge on any atom is -0.439 e. The Morgan fingerprint density at radius 2 is 1.78 bits per heavy atom. The van der Waals surface area contributed by atoms with Crippen LogP contribution in [-0.4, -0.2) is 26.1 Å². The first-order valence-electron chi connectivity index (χ1n) is 6.42. The molecule has 0 saturated carbocycles. The maximum atomic E-state index is 12.1. The number of ether oxygens (including phenoxy) is 2. The number of aliphatic hydroxyl groups excluding tert-OH is 1. The molecule has 0 amide bonds. The van der Waals surface area contributed by atoms with E-state index in [-0.39, 0.29) is 24.0 Å². The molecule has 0 aliphatic rings. The molecule has 2 aromatic heterocycles. The van der Waals surface area contributed by atoms with Crippen molar-refractivity contribution in [3.63, 3.8) is 0 Å². The molecule has 23 heavy (non-hydrogen) atoms. The molecular weight excluding hydrogens is 315 g/mol. The summed E-state index contributed by atoms with van der Waals surface area (Å²) in [5.74, 6) is 0.208. The van der Waals surface area contributed by atoms with E-state index in [1.165, 1.54) is 23.0 Å². The Morgan fingerprint density at radius 3 is 2.43 bits per heavy atom. The number of aromatic nitrogens is 3. The smallest absolute Gasteiger partial charge is 0.439 e. The molecule has 1 aromatic carbocycles. The highest BCUT2D eigenvalue weighted by atomic mass is 19.4. The highest BCUT2D eigenvalue weighted by Crippen LogP contribution is 2.28. The number of aliphatic hydroxyl groups is 1. The van der Waals surface area contributed by atoms with Gasteiger partial charge in [0.2, 0.25) is 5.88 Å². The Hall–Kier alpha value is -2.81. The molecule has 0 aliphatic heterocycles. The highest BCUT2D eigenvalue weighted by molar-refractivity contribution is 5.45. The van der Waals surface area contributed by atoms with Crippen LogP contribution in [0.1, 0.15) is 5.56 Å². The minimum absolute atomic E-state index is 0.210. The number of benzene rings is 1. The van der Waals surface area contributed by atoms with Gasteiger partial charge in [-0.3, -0.25) is 0 Å². The third kappa shape index (κ3) is 3.51. The number of hydrogen-bond acceptors (Lipinski definition) is 5. The zero-order valence-electron chi connectivity index (χ0n) is 11.5. The number of nitrogens with zero attached hydrogens (tertiary/aromatic N) is 3. The summed E-state index contributed by atoms with van der Waals surface area (Å²) in [4.78, 5) is 4.00. The predicted molar refractivity (Wildman–Crippen MR) is 72.1 cm³/mol. The molecular formula is C14H10F3N3O3. The van der Waals surface area contributed by atoms with Crippen molar-refractivity contribution in [1.29, 1.82) is 0 Å². The van der Waals surface area contributed by atoms with E-state index in [9.17, 15) is 18.3 Å². The van der Waals surface area contributed by atoms with Crippen LogP contribution in [0, 0.1) is 0 Å². The molecule has 2 heterocycles. The van der Waals surface area contributed by atoms with Gasteiger partial charge in [0.05, 0.1) is 6.61 Å². The summed E-state index contributed by atoms with van der Waals surface area (Å²) in [6.07, 6.45) is -3.42. The normalized spacial score (nSPS) is 11.7. The van der Waals surface area contributed by atoms with E-state index in [0.29, 0.717) is 11.2 Å². The number of hydrogen-bond donors (Lipinski definition) is 1. The Balaban J connectivity index is 1.86. The lowest BCUT2D eigenvalue weighted by Gasteiger charge is -2.11. The molecule has 3 rings (SSSR count). The van der Waals surface area contributed by atoms with Gasteiger partial charge in [-0.15, -0.1) is 13.2 Å². The van der Waals surface area contributed by atoms with Crippen molar-refractivity contribution in [1.82, 2.24) is 14.6 Å². The highest BCUT2D eigenvalue weighted by Gasteiger charge is 2.31. The molecule has 0 atom stereocenters. The summed E-state index contributed by atoms with van der Waals surface area (Å²) in [7, 11) is 0. The summed E-state index contributed by atoms with van der Waals surface area (Å²) in [6, 6.07) is 8.13. The van der Waals surface area contributed by atoms with Gasteiger partial charge in [-0.1, -0.05) is 0 Å². The van der Waals surface area contributed by atoms with Crippen molar-refractivity contribution in [3.8, 4) is 17.4 Å². The SMILES string of the molecule is OCc1cc(Oc2ccc(OC(F)(F)F)cc2)n2ncnc2c1. The molecule has 0 fully saturated rings. The van der Waals surface area contributed by atoms with Gasteiger partial charge >= 0.3 is 6.36 Å². The third-order valence-corrected chi connectivity index (χ3v) is 2.87. The van der Waals surface area contributed by atoms with E-state index in [1.807, 2.05) is 0 Å². The monoisotopic (exact) mass is 325 g/mol. The van der Waals surface area contributed by atoms with Crippen LogP contribution in [0.25, 0.3) is 5.65 Å². The molecule has 0 bridgehead atoms. The Labute approximate surface area is 127 Å². The quantitative estimate of drug-likeness (QED) is 0.799. The summed E-state index contributed by atoms with van der Waals surface area (Å²) in [6.45, 7) is -0.210. The first-order chi connectivity index (χ1) is 10.9. The van der Waals surface area contributed by atoms with Crippen LogP contribution in [0.4, 0.5) is 13.2 Å². The number of rotatable bonds is 4. The largest absolute Gasteiger partial charge is 0.573 e. The second-order valence-corrected chi connectivity index (χ2v) is 4.51. The summed E-state index contributed by atoms with van der Waals surface area (Å²) < 4.78 is 47.1. The molecule has 1 N–H and O–H groups in total. The second-order valence-electron chi connectivity index (χ2n) is 4.51. The Morgan fingerprint density at radius 1 is 1.09 bits per heavy atom. The molecule has 0 radical (unpaired) electrons. The van der Waals surface area contributed by atoms with E-state index in [2.05, 4.69) is 14.8 Å². The fourth-order valence-corrected chi connectivity index (χ4v) is 1.94. The molecule has 3 aromatic rings. The van der Waals surface area contributed by atoms with Gasteiger partial charge < -0.3 is 14.6 Å². The Kier molecular flexibility index (Phi) is 3.78. The summed E-state index contributed by atoms with van der Waals surface area (Å²) >= 11 is 0. The van der Waals surface area contributed by atoms with Crippen LogP contribution in [0.15, 0.2) is 42.7 Å². The third-order valence-electron chi connectivity index (χ3n) is 2.87. The number of halogens is 3. The predicted octanol–water partition coefficient (Wildman–Crippen LogP) is 2.91. The van der Waals surface area contributed by atoms with Crippen molar-refractivity contribution in [2.24, 2.45) is 0 Å². The topological polar surface area (TPSA) is 68.9 Å². The maximum absolute atomic E-state index is 12.1. The molecule has 6 nitrogen and oxygen atoms in total. The van der Waals surface area contributed by atoms with Crippen molar-refractivity contribution >= 4 is 5.65 Å². The number of pyridine rings is 1. The molecule has 0 unspecified atom stereocenters. The van der Waals surface area contributed by atoms with Gasteiger partial charge in [-0.05, 0) is 35.9 Å². The van der Waals surface area contributed by atoms with Crippen molar-refractivity contribution in [2.45, 2.75) is 13.0 Å². The van der Waals surface area contributed by atoms with Gasteiger partial charge in [0, 0.05) is 6.07 Å². The van der Waals surface area contributed by atoms with E-state index >= 15 is 0 Å². The first kappa shape index (κ1) is 15.1. The van der Waals surface area contributed by atoms with Crippen LogP contribution < -0.4 is 9.47 Å². The number of alkyl halides is 3. The average Bonchev–Trinajstić information content (AvgIpc) is 2.96. The van der Waals surface area contributed by atoms with Gasteiger partial charge in [-0.25, -0.2) is 4.98 Å². The van der Waals surface area contributed by atoms with Crippen LogP contribution in [-0.2, 0) is 6.61 Å². The van der Waals surface area contributed by atoms with E-state index in [1.54, 1.807) is 12.1 Å². The summed E-state index contributed by atoms with van der Waals surface area (Å²) in [5, 5.41) is 13.2. The van der Waals surface area contributed by atoms with Crippen molar-refractivity contribution < 1.29 is 27.8 Å². The molecule has 9 heteroatoms. The zero-order valence-corrected chi connectivity index (χ0v) is 11.5. The lowest BCUT2D eigenvalue weighted by molar-refractivity contribution is -0.274. The van der Waals surface area contributed by atoms with Crippen LogP contribution in [0.3, 0.4) is 0 Å². The molecule has 0 spiro atoms. The molecule has 0 aliphatic carbocycles. The van der Waals surface area contributed by atoms with E-state index in [0.717, 1.165) is 12.1 Å². The van der Waals surface area contributed by atoms with Crippen LogP contribution in [0.5, 0.6) is 17.4 Å².